The van der Waals surface area contributed by atoms with Crippen LogP contribution in [0.3, 0.4) is 0 Å². The SMILES string of the molecule is COc1ccc(-c2nnc(SCc3cccc(C)c3)n2-c2cccc(C)c2)cc1. The van der Waals surface area contributed by atoms with E-state index in [0.717, 1.165) is 33.7 Å². The number of aryl methyl sites for hydroxylation is 2. The van der Waals surface area contributed by atoms with Gasteiger partial charge < -0.3 is 4.74 Å². The number of rotatable bonds is 6. The van der Waals surface area contributed by atoms with Gasteiger partial charge in [-0.05, 0) is 61.4 Å². The Morgan fingerprint density at radius 2 is 1.59 bits per heavy atom. The Bertz CT molecular complexity index is 1120. The first-order chi connectivity index (χ1) is 14.1. The van der Waals surface area contributed by atoms with Crippen LogP contribution in [0.4, 0.5) is 0 Å². The predicted molar refractivity (Wildman–Crippen MR) is 119 cm³/mol. The molecule has 0 amide bonds. The van der Waals surface area contributed by atoms with Crippen molar-refractivity contribution < 1.29 is 4.74 Å². The van der Waals surface area contributed by atoms with E-state index < -0.39 is 0 Å². The van der Waals surface area contributed by atoms with Crippen molar-refractivity contribution in [2.45, 2.75) is 24.8 Å². The fourth-order valence-corrected chi connectivity index (χ4v) is 4.13. The number of aromatic nitrogens is 3. The summed E-state index contributed by atoms with van der Waals surface area (Å²) in [6.45, 7) is 4.21. The maximum absolute atomic E-state index is 5.29. The number of hydrogen-bond donors (Lipinski definition) is 0. The number of thioether (sulfide) groups is 1. The molecular weight excluding hydrogens is 378 g/mol. The average molecular weight is 402 g/mol. The first-order valence-corrected chi connectivity index (χ1v) is 10.5. The number of methoxy groups -OCH3 is 1. The lowest BCUT2D eigenvalue weighted by molar-refractivity contribution is 0.415. The molecule has 0 atom stereocenters. The number of nitrogens with zero attached hydrogens (tertiary/aromatic N) is 3. The summed E-state index contributed by atoms with van der Waals surface area (Å²) < 4.78 is 7.43. The molecule has 0 aliphatic rings. The summed E-state index contributed by atoms with van der Waals surface area (Å²) in [5.74, 6) is 2.49. The molecule has 0 unspecified atom stereocenters. The van der Waals surface area contributed by atoms with Gasteiger partial charge >= 0.3 is 0 Å². The molecule has 0 spiro atoms. The van der Waals surface area contributed by atoms with Crippen LogP contribution < -0.4 is 4.74 Å². The molecule has 0 aliphatic carbocycles. The molecule has 1 aromatic heterocycles. The summed E-state index contributed by atoms with van der Waals surface area (Å²) in [7, 11) is 1.67. The standard InChI is InChI=1S/C24H23N3OS/c1-17-6-4-8-19(14-17)16-29-24-26-25-23(20-10-12-22(28-3)13-11-20)27(24)21-9-5-7-18(2)15-21/h4-15H,16H2,1-3H3. The first-order valence-electron chi connectivity index (χ1n) is 9.49. The summed E-state index contributed by atoms with van der Waals surface area (Å²) in [4.78, 5) is 0. The molecule has 0 N–H and O–H groups in total. The highest BCUT2D eigenvalue weighted by molar-refractivity contribution is 7.98. The normalized spacial score (nSPS) is 10.9. The van der Waals surface area contributed by atoms with E-state index in [0.29, 0.717) is 0 Å². The van der Waals surface area contributed by atoms with Crippen molar-refractivity contribution in [3.8, 4) is 22.8 Å². The van der Waals surface area contributed by atoms with Gasteiger partial charge in [0, 0.05) is 17.0 Å². The van der Waals surface area contributed by atoms with E-state index in [4.69, 9.17) is 4.74 Å². The Labute approximate surface area is 175 Å². The van der Waals surface area contributed by atoms with Crippen molar-refractivity contribution in [3.05, 3.63) is 89.5 Å². The van der Waals surface area contributed by atoms with Gasteiger partial charge in [0.1, 0.15) is 5.75 Å². The van der Waals surface area contributed by atoms with Crippen LogP contribution in [-0.4, -0.2) is 21.9 Å². The Kier molecular flexibility index (Phi) is 5.67. The maximum Gasteiger partial charge on any atom is 0.196 e. The van der Waals surface area contributed by atoms with E-state index in [1.807, 2.05) is 24.3 Å². The van der Waals surface area contributed by atoms with Gasteiger partial charge in [-0.3, -0.25) is 4.57 Å². The highest BCUT2D eigenvalue weighted by atomic mass is 32.2. The van der Waals surface area contributed by atoms with Crippen molar-refractivity contribution in [1.82, 2.24) is 14.8 Å². The topological polar surface area (TPSA) is 39.9 Å². The van der Waals surface area contributed by atoms with Crippen LogP contribution in [0.15, 0.2) is 78.0 Å². The minimum Gasteiger partial charge on any atom is -0.497 e. The minimum atomic E-state index is 0.824. The van der Waals surface area contributed by atoms with E-state index >= 15 is 0 Å². The largest absolute Gasteiger partial charge is 0.497 e. The van der Waals surface area contributed by atoms with Gasteiger partial charge in [0.15, 0.2) is 11.0 Å². The van der Waals surface area contributed by atoms with Gasteiger partial charge in [-0.15, -0.1) is 10.2 Å². The fraction of sp³-hybridized carbons (Fsp3) is 0.167. The lowest BCUT2D eigenvalue weighted by Crippen LogP contribution is -2.00. The zero-order chi connectivity index (χ0) is 20.2. The van der Waals surface area contributed by atoms with E-state index in [-0.39, 0.29) is 0 Å². The van der Waals surface area contributed by atoms with Crippen LogP contribution in [0.1, 0.15) is 16.7 Å². The minimum absolute atomic E-state index is 0.824. The summed E-state index contributed by atoms with van der Waals surface area (Å²) in [5.41, 5.74) is 5.81. The second-order valence-corrected chi connectivity index (χ2v) is 7.93. The number of hydrogen-bond acceptors (Lipinski definition) is 4. The third-order valence-corrected chi connectivity index (χ3v) is 5.69. The highest BCUT2D eigenvalue weighted by Crippen LogP contribution is 2.31. The van der Waals surface area contributed by atoms with Crippen molar-refractivity contribution in [3.63, 3.8) is 0 Å². The van der Waals surface area contributed by atoms with Gasteiger partial charge in [0.25, 0.3) is 0 Å². The Morgan fingerprint density at radius 1 is 0.862 bits per heavy atom. The van der Waals surface area contributed by atoms with Crippen molar-refractivity contribution >= 4 is 11.8 Å². The molecule has 4 nitrogen and oxygen atoms in total. The number of ether oxygens (including phenoxy) is 1. The second kappa shape index (κ2) is 8.53. The quantitative estimate of drug-likeness (QED) is 0.380. The maximum atomic E-state index is 5.29. The zero-order valence-electron chi connectivity index (χ0n) is 16.8. The summed E-state index contributed by atoms with van der Waals surface area (Å²) in [5, 5.41) is 9.93. The van der Waals surface area contributed by atoms with E-state index in [1.54, 1.807) is 18.9 Å². The molecule has 29 heavy (non-hydrogen) atoms. The van der Waals surface area contributed by atoms with Crippen LogP contribution in [0, 0.1) is 13.8 Å². The predicted octanol–water partition coefficient (Wildman–Crippen LogP) is 5.85. The highest BCUT2D eigenvalue weighted by Gasteiger charge is 2.16. The molecule has 0 aliphatic heterocycles. The molecule has 4 aromatic rings. The van der Waals surface area contributed by atoms with Crippen LogP contribution in [0.2, 0.25) is 0 Å². The Hall–Kier alpha value is -3.05. The average Bonchev–Trinajstić information content (AvgIpc) is 3.16. The molecule has 3 aromatic carbocycles. The lowest BCUT2D eigenvalue weighted by atomic mass is 10.2. The Morgan fingerprint density at radius 3 is 2.28 bits per heavy atom. The van der Waals surface area contributed by atoms with Crippen molar-refractivity contribution in [2.24, 2.45) is 0 Å². The Balaban J connectivity index is 1.73. The molecule has 0 saturated carbocycles. The van der Waals surface area contributed by atoms with E-state index in [1.165, 1.54) is 16.7 Å². The fourth-order valence-electron chi connectivity index (χ4n) is 3.24. The van der Waals surface area contributed by atoms with Crippen LogP contribution >= 0.6 is 11.8 Å². The molecule has 5 heteroatoms. The van der Waals surface area contributed by atoms with Crippen LogP contribution in [-0.2, 0) is 5.75 Å². The zero-order valence-corrected chi connectivity index (χ0v) is 17.6. The second-order valence-electron chi connectivity index (χ2n) is 6.99. The molecule has 0 saturated heterocycles. The third-order valence-electron chi connectivity index (χ3n) is 4.69. The summed E-state index contributed by atoms with van der Waals surface area (Å²) >= 11 is 1.70. The van der Waals surface area contributed by atoms with E-state index in [9.17, 15) is 0 Å². The van der Waals surface area contributed by atoms with Gasteiger partial charge in [-0.2, -0.15) is 0 Å². The smallest absolute Gasteiger partial charge is 0.196 e. The molecule has 146 valence electrons. The van der Waals surface area contributed by atoms with Crippen molar-refractivity contribution in [2.75, 3.05) is 7.11 Å². The summed E-state index contributed by atoms with van der Waals surface area (Å²) in [6.07, 6.45) is 0. The molecule has 0 bridgehead atoms. The van der Waals surface area contributed by atoms with Crippen molar-refractivity contribution in [1.29, 1.82) is 0 Å². The van der Waals surface area contributed by atoms with Gasteiger partial charge in [0.05, 0.1) is 7.11 Å². The molecule has 4 rings (SSSR count). The summed E-state index contributed by atoms with van der Waals surface area (Å²) in [6, 6.07) is 24.9. The molecule has 0 radical (unpaired) electrons. The molecule has 0 fully saturated rings. The monoisotopic (exact) mass is 401 g/mol. The molecular formula is C24H23N3OS. The van der Waals surface area contributed by atoms with E-state index in [2.05, 4.69) is 77.1 Å². The molecule has 1 heterocycles. The number of benzene rings is 3. The first kappa shape index (κ1) is 19.3. The van der Waals surface area contributed by atoms with Gasteiger partial charge in [-0.1, -0.05) is 53.7 Å². The van der Waals surface area contributed by atoms with Crippen LogP contribution in [0.5, 0.6) is 5.75 Å². The lowest BCUT2D eigenvalue weighted by Gasteiger charge is -2.11. The van der Waals surface area contributed by atoms with Gasteiger partial charge in [0.2, 0.25) is 0 Å². The third kappa shape index (κ3) is 4.35. The van der Waals surface area contributed by atoms with Gasteiger partial charge in [-0.25, -0.2) is 0 Å². The van der Waals surface area contributed by atoms with Crippen LogP contribution in [0.25, 0.3) is 17.1 Å².